The number of amides is 1. The van der Waals surface area contributed by atoms with Crippen LogP contribution in [0, 0.1) is 12.8 Å². The molecule has 0 aliphatic heterocycles. The highest BCUT2D eigenvalue weighted by atomic mass is 32.2. The normalized spacial score (nSPS) is 11.9. The van der Waals surface area contributed by atoms with Gasteiger partial charge in [-0.25, -0.2) is 19.2 Å². The van der Waals surface area contributed by atoms with Crippen LogP contribution in [0.25, 0.3) is 0 Å². The van der Waals surface area contributed by atoms with Gasteiger partial charge in [0.25, 0.3) is 0 Å². The molecule has 0 aliphatic carbocycles. The van der Waals surface area contributed by atoms with E-state index in [4.69, 9.17) is 27.8 Å². The molecule has 37 heavy (non-hydrogen) atoms. The first kappa shape index (κ1) is 29.5. The number of carbonyl (C=O) groups excluding carboxylic acids is 4. The number of esters is 2. The molecule has 12 nitrogen and oxygen atoms in total. The Morgan fingerprint density at radius 2 is 1.62 bits per heavy atom. The largest absolute Gasteiger partial charge is 0.519 e. The highest BCUT2D eigenvalue weighted by molar-refractivity contribution is 8.14. The second-order valence-electron chi connectivity index (χ2n) is 8.52. The zero-order valence-corrected chi connectivity index (χ0v) is 21.9. The van der Waals surface area contributed by atoms with Crippen LogP contribution in [0.3, 0.4) is 0 Å². The molecule has 0 radical (unpaired) electrons. The molecule has 2 aromatic rings. The van der Waals surface area contributed by atoms with Gasteiger partial charge in [0.1, 0.15) is 12.6 Å². The van der Waals surface area contributed by atoms with E-state index in [0.29, 0.717) is 17.3 Å². The lowest BCUT2D eigenvalue weighted by Crippen LogP contribution is -2.53. The zero-order chi connectivity index (χ0) is 27.6. The van der Waals surface area contributed by atoms with Gasteiger partial charge in [-0.05, 0) is 38.1 Å². The van der Waals surface area contributed by atoms with Crippen LogP contribution < -0.4 is 11.1 Å². The van der Waals surface area contributed by atoms with E-state index in [1.807, 2.05) is 0 Å². The van der Waals surface area contributed by atoms with Crippen LogP contribution in [0.1, 0.15) is 44.8 Å². The Kier molecular flexibility index (Phi) is 10.8. The lowest BCUT2D eigenvalue weighted by atomic mass is 10.0. The molecule has 0 saturated heterocycles. The second-order valence-corrected chi connectivity index (χ2v) is 10.1. The summed E-state index contributed by atoms with van der Waals surface area (Å²) >= 11 is 0.599. The molecule has 202 valence electrons. The first-order chi connectivity index (χ1) is 17.4. The predicted molar refractivity (Wildman–Crippen MR) is 129 cm³/mol. The molecule has 1 N–H and O–H groups in total. The third-order valence-electron chi connectivity index (χ3n) is 4.78. The van der Waals surface area contributed by atoms with Gasteiger partial charge in [-0.2, -0.15) is 0 Å². The number of benzene rings is 1. The first-order valence-electron chi connectivity index (χ1n) is 11.1. The Hall–Kier alpha value is -3.74. The summed E-state index contributed by atoms with van der Waals surface area (Å²) in [5.41, 5.74) is 0.708. The van der Waals surface area contributed by atoms with Gasteiger partial charge in [-0.1, -0.05) is 44.2 Å². The molecular formula is C24H29NO11S. The highest BCUT2D eigenvalue weighted by Gasteiger charge is 2.41. The number of hydrogen-bond donors (Lipinski definition) is 1. The van der Waals surface area contributed by atoms with Crippen molar-refractivity contribution < 1.29 is 47.0 Å². The van der Waals surface area contributed by atoms with Crippen molar-refractivity contribution in [3.8, 4) is 0 Å². The van der Waals surface area contributed by atoms with E-state index in [-0.39, 0.29) is 24.7 Å². The van der Waals surface area contributed by atoms with Crippen LogP contribution in [0.4, 0.5) is 9.59 Å². The van der Waals surface area contributed by atoms with Crippen LogP contribution in [-0.4, -0.2) is 40.9 Å². The molecular weight excluding hydrogens is 510 g/mol. The smallest absolute Gasteiger partial charge is 0.459 e. The molecule has 0 fully saturated rings. The van der Waals surface area contributed by atoms with Crippen molar-refractivity contribution in [2.24, 2.45) is 5.92 Å². The van der Waals surface area contributed by atoms with Gasteiger partial charge in [0, 0.05) is 0 Å². The van der Waals surface area contributed by atoms with Gasteiger partial charge in [0.15, 0.2) is 18.1 Å². The number of alkyl carbamates (subject to hydrolysis) is 1. The lowest BCUT2D eigenvalue weighted by Gasteiger charge is -2.31. The third-order valence-corrected chi connectivity index (χ3v) is 5.83. The number of aryl methyl sites for hydroxylation is 1. The molecule has 1 aromatic carbocycles. The maximum Gasteiger partial charge on any atom is 0.519 e. The minimum absolute atomic E-state index is 0.0354. The van der Waals surface area contributed by atoms with E-state index in [9.17, 15) is 24.0 Å². The van der Waals surface area contributed by atoms with Gasteiger partial charge in [-0.15, -0.1) is 0 Å². The average Bonchev–Trinajstić information content (AvgIpc) is 3.16. The molecule has 2 rings (SSSR count). The van der Waals surface area contributed by atoms with Crippen LogP contribution in [0.15, 0.2) is 44.0 Å². The summed E-state index contributed by atoms with van der Waals surface area (Å²) in [5.74, 6) is -2.58. The predicted octanol–water partition coefficient (Wildman–Crippen LogP) is 3.68. The fourth-order valence-corrected chi connectivity index (χ4v) is 3.55. The van der Waals surface area contributed by atoms with Gasteiger partial charge in [0.05, 0.1) is 10.7 Å². The number of carbonyl (C=O) groups is 4. The Morgan fingerprint density at radius 1 is 0.946 bits per heavy atom. The number of thioether (sulfide) groups is 1. The summed E-state index contributed by atoms with van der Waals surface area (Å²) in [6.07, 6.45) is -1.07. The molecule has 0 unspecified atom stereocenters. The molecule has 0 aliphatic rings. The Bertz CT molecular complexity index is 1140. The van der Waals surface area contributed by atoms with Gasteiger partial charge in [-0.3, -0.25) is 4.79 Å². The van der Waals surface area contributed by atoms with Crippen molar-refractivity contribution in [3.63, 3.8) is 0 Å². The van der Waals surface area contributed by atoms with Crippen molar-refractivity contribution in [2.45, 2.75) is 58.6 Å². The van der Waals surface area contributed by atoms with E-state index in [1.165, 1.54) is 20.8 Å². The van der Waals surface area contributed by atoms with Crippen LogP contribution in [-0.2, 0) is 41.8 Å². The SMILES string of the molecule is Cc1oc(=O)oc1COC(=O)SC(C)(C)[C@@H](NC(=O)OCOC(=O)C(C)C)C(=O)OCc1ccccc1. The monoisotopic (exact) mass is 539 g/mol. The van der Waals surface area contributed by atoms with E-state index in [1.54, 1.807) is 44.2 Å². The molecule has 13 heteroatoms. The van der Waals surface area contributed by atoms with Crippen molar-refractivity contribution in [2.75, 3.05) is 6.79 Å². The van der Waals surface area contributed by atoms with E-state index in [2.05, 4.69) is 5.32 Å². The van der Waals surface area contributed by atoms with E-state index < -0.39 is 52.7 Å². The zero-order valence-electron chi connectivity index (χ0n) is 21.1. The average molecular weight is 540 g/mol. The molecule has 1 amide bonds. The van der Waals surface area contributed by atoms with Gasteiger partial charge in [0.2, 0.25) is 6.79 Å². The highest BCUT2D eigenvalue weighted by Crippen LogP contribution is 2.31. The molecule has 0 bridgehead atoms. The van der Waals surface area contributed by atoms with E-state index >= 15 is 0 Å². The fourth-order valence-electron chi connectivity index (χ4n) is 2.73. The van der Waals surface area contributed by atoms with Crippen molar-refractivity contribution >= 4 is 35.1 Å². The summed E-state index contributed by atoms with van der Waals surface area (Å²) in [6, 6.07) is 7.47. The molecule has 1 heterocycles. The minimum Gasteiger partial charge on any atom is -0.459 e. The first-order valence-corrected chi connectivity index (χ1v) is 12.0. The Balaban J connectivity index is 2.06. The lowest BCUT2D eigenvalue weighted by molar-refractivity contribution is -0.156. The van der Waals surface area contributed by atoms with Gasteiger partial charge >= 0.3 is 29.2 Å². The number of nitrogens with one attached hydrogen (secondary N) is 1. The molecule has 0 saturated carbocycles. The number of rotatable bonds is 11. The van der Waals surface area contributed by atoms with Crippen molar-refractivity contribution in [3.05, 3.63) is 58.0 Å². The van der Waals surface area contributed by atoms with Crippen LogP contribution in [0.5, 0.6) is 0 Å². The molecule has 0 spiro atoms. The maximum atomic E-state index is 13.0. The summed E-state index contributed by atoms with van der Waals surface area (Å²) in [6.45, 7) is 6.59. The van der Waals surface area contributed by atoms with Crippen LogP contribution in [0.2, 0.25) is 0 Å². The van der Waals surface area contributed by atoms with Gasteiger partial charge < -0.3 is 33.1 Å². The quantitative estimate of drug-likeness (QED) is 0.251. The Morgan fingerprint density at radius 3 is 2.22 bits per heavy atom. The third kappa shape index (κ3) is 9.67. The topological polar surface area (TPSA) is 161 Å². The number of ether oxygens (including phenoxy) is 4. The Labute approximate surface area is 216 Å². The molecule has 1 atom stereocenters. The number of hydrogen-bond acceptors (Lipinski definition) is 12. The second kappa shape index (κ2) is 13.5. The summed E-state index contributed by atoms with van der Waals surface area (Å²) in [5, 5.41) is 1.53. The maximum absolute atomic E-state index is 13.0. The van der Waals surface area contributed by atoms with Crippen molar-refractivity contribution in [1.82, 2.24) is 5.32 Å². The summed E-state index contributed by atoms with van der Waals surface area (Å²) in [4.78, 5) is 60.5. The van der Waals surface area contributed by atoms with Crippen molar-refractivity contribution in [1.29, 1.82) is 0 Å². The summed E-state index contributed by atoms with van der Waals surface area (Å²) < 4.78 is 28.3. The van der Waals surface area contributed by atoms with E-state index in [0.717, 1.165) is 0 Å². The fraction of sp³-hybridized carbons (Fsp3) is 0.458. The minimum atomic E-state index is -1.38. The standard InChI is InChI=1S/C24H29NO11S/c1-14(2)19(26)33-13-34-21(28)25-18(20(27)31-11-16-9-7-6-8-10-16)24(4,5)37-23(30)32-12-17-15(3)35-22(29)36-17/h6-10,14,18H,11-13H2,1-5H3,(H,25,28)/t18-/m0/s1. The summed E-state index contributed by atoms with van der Waals surface area (Å²) in [7, 11) is 0. The molecule has 1 aromatic heterocycles. The van der Waals surface area contributed by atoms with Crippen LogP contribution >= 0.6 is 11.8 Å².